The number of rotatable bonds is 6. The van der Waals surface area contributed by atoms with Crippen molar-refractivity contribution in [2.75, 3.05) is 10.6 Å². The van der Waals surface area contributed by atoms with Crippen molar-refractivity contribution < 1.29 is 0 Å². The highest BCUT2D eigenvalue weighted by Gasteiger charge is 2.23. The zero-order chi connectivity index (χ0) is 18.6. The zero-order valence-corrected chi connectivity index (χ0v) is 15.6. The molecule has 1 fully saturated rings. The summed E-state index contributed by atoms with van der Waals surface area (Å²) in [6.07, 6.45) is 4.45. The van der Waals surface area contributed by atoms with Gasteiger partial charge in [0.25, 0.3) is 0 Å². The highest BCUT2D eigenvalue weighted by molar-refractivity contribution is 5.83. The van der Waals surface area contributed by atoms with Crippen LogP contribution in [0.4, 0.5) is 11.8 Å². The third-order valence-corrected chi connectivity index (χ3v) is 5.10. The summed E-state index contributed by atoms with van der Waals surface area (Å²) in [4.78, 5) is 9.36. The average Bonchev–Trinajstić information content (AvgIpc) is 3.12. The van der Waals surface area contributed by atoms with Crippen LogP contribution in [0, 0.1) is 0 Å². The lowest BCUT2D eigenvalue weighted by molar-refractivity contribution is 0.402. The predicted octanol–water partition coefficient (Wildman–Crippen LogP) is 2.54. The van der Waals surface area contributed by atoms with Crippen LogP contribution in [-0.2, 0) is 13.1 Å². The Morgan fingerprint density at radius 3 is 2.74 bits per heavy atom. The van der Waals surface area contributed by atoms with Gasteiger partial charge in [0.2, 0.25) is 5.95 Å². The fourth-order valence-electron chi connectivity index (χ4n) is 3.54. The van der Waals surface area contributed by atoms with Crippen LogP contribution in [0.25, 0.3) is 11.2 Å². The smallest absolute Gasteiger partial charge is 0.227 e. The van der Waals surface area contributed by atoms with Crippen LogP contribution in [0.1, 0.15) is 38.2 Å². The lowest BCUT2D eigenvalue weighted by Gasteiger charge is -2.29. The van der Waals surface area contributed by atoms with Crippen molar-refractivity contribution in [1.82, 2.24) is 25.0 Å². The van der Waals surface area contributed by atoms with Crippen molar-refractivity contribution in [3.8, 4) is 0 Å². The minimum absolute atomic E-state index is 0.132. The summed E-state index contributed by atoms with van der Waals surface area (Å²) < 4.78 is 1.79. The monoisotopic (exact) mass is 366 g/mol. The third kappa shape index (κ3) is 3.85. The van der Waals surface area contributed by atoms with Gasteiger partial charge in [0.1, 0.15) is 0 Å². The molecule has 0 saturated heterocycles. The van der Waals surface area contributed by atoms with E-state index in [2.05, 4.69) is 43.0 Å². The molecule has 2 heterocycles. The molecule has 1 aliphatic rings. The number of hydrogen-bond donors (Lipinski definition) is 3. The van der Waals surface area contributed by atoms with Crippen LogP contribution in [0.3, 0.4) is 0 Å². The molecule has 2 aromatic heterocycles. The van der Waals surface area contributed by atoms with Gasteiger partial charge in [-0.3, -0.25) is 0 Å². The van der Waals surface area contributed by atoms with Gasteiger partial charge in [-0.1, -0.05) is 48.4 Å². The van der Waals surface area contributed by atoms with Crippen molar-refractivity contribution in [2.45, 2.75) is 57.8 Å². The van der Waals surface area contributed by atoms with E-state index < -0.39 is 0 Å². The Morgan fingerprint density at radius 1 is 1.15 bits per heavy atom. The first-order chi connectivity index (χ1) is 13.2. The van der Waals surface area contributed by atoms with Crippen LogP contribution in [0.5, 0.6) is 0 Å². The third-order valence-electron chi connectivity index (χ3n) is 5.10. The number of nitrogens with zero attached hydrogens (tertiary/aromatic N) is 5. The fourth-order valence-corrected chi connectivity index (χ4v) is 3.54. The maximum atomic E-state index is 6.28. The van der Waals surface area contributed by atoms with Crippen LogP contribution in [0.15, 0.2) is 30.3 Å². The van der Waals surface area contributed by atoms with Gasteiger partial charge >= 0.3 is 0 Å². The topological polar surface area (TPSA) is 107 Å². The van der Waals surface area contributed by atoms with Crippen molar-refractivity contribution in [3.63, 3.8) is 0 Å². The van der Waals surface area contributed by atoms with E-state index in [-0.39, 0.29) is 12.1 Å². The van der Waals surface area contributed by atoms with Gasteiger partial charge in [-0.05, 0) is 25.3 Å². The van der Waals surface area contributed by atoms with Gasteiger partial charge in [0, 0.05) is 25.2 Å². The molecular weight excluding hydrogens is 340 g/mol. The summed E-state index contributed by atoms with van der Waals surface area (Å²) in [5.74, 6) is 1.27. The first-order valence-electron chi connectivity index (χ1n) is 9.65. The maximum absolute atomic E-state index is 6.28. The molecule has 0 aliphatic heterocycles. The second-order valence-corrected chi connectivity index (χ2v) is 7.01. The second kappa shape index (κ2) is 7.87. The molecule has 4 rings (SSSR count). The lowest BCUT2D eigenvalue weighted by atomic mass is 9.91. The number of anilines is 2. The summed E-state index contributed by atoms with van der Waals surface area (Å²) in [7, 11) is 0. The van der Waals surface area contributed by atoms with E-state index >= 15 is 0 Å². The molecular formula is C19H26N8. The van der Waals surface area contributed by atoms with Crippen molar-refractivity contribution in [1.29, 1.82) is 0 Å². The highest BCUT2D eigenvalue weighted by atomic mass is 15.4. The Hall–Kier alpha value is -2.74. The second-order valence-electron chi connectivity index (χ2n) is 7.01. The van der Waals surface area contributed by atoms with Crippen LogP contribution in [0.2, 0.25) is 0 Å². The van der Waals surface area contributed by atoms with Gasteiger partial charge in [0.05, 0.1) is 0 Å². The average molecular weight is 366 g/mol. The largest absolute Gasteiger partial charge is 0.364 e. The van der Waals surface area contributed by atoms with Gasteiger partial charge in [-0.25, -0.2) is 4.68 Å². The van der Waals surface area contributed by atoms with E-state index in [1.54, 1.807) is 4.68 Å². The number of aromatic nitrogens is 5. The molecule has 0 bridgehead atoms. The van der Waals surface area contributed by atoms with E-state index in [1.165, 1.54) is 18.4 Å². The number of nitrogens with two attached hydrogens (primary N) is 1. The van der Waals surface area contributed by atoms with Crippen LogP contribution < -0.4 is 16.4 Å². The van der Waals surface area contributed by atoms with E-state index in [9.17, 15) is 0 Å². The van der Waals surface area contributed by atoms with Crippen LogP contribution >= 0.6 is 0 Å². The highest BCUT2D eigenvalue weighted by Crippen LogP contribution is 2.24. The molecule has 8 heteroatoms. The molecule has 1 aromatic carbocycles. The predicted molar refractivity (Wildman–Crippen MR) is 106 cm³/mol. The molecule has 2 atom stereocenters. The molecule has 0 amide bonds. The molecule has 8 nitrogen and oxygen atoms in total. The van der Waals surface area contributed by atoms with Crippen LogP contribution in [-0.4, -0.2) is 37.0 Å². The first-order valence-corrected chi connectivity index (χ1v) is 9.65. The Morgan fingerprint density at radius 2 is 1.96 bits per heavy atom. The van der Waals surface area contributed by atoms with Gasteiger partial charge < -0.3 is 16.4 Å². The standard InChI is InChI=1S/C19H26N8/c1-2-27-18-16(25-26-27)17(21-12-13-8-4-3-5-9-13)23-19(24-18)22-15-11-7-6-10-14(15)20/h3-5,8-9,14-15H,2,6-7,10-12,20H2,1H3,(H2,21,22,23,24). The summed E-state index contributed by atoms with van der Waals surface area (Å²) in [6.45, 7) is 3.39. The molecule has 3 aromatic rings. The Balaban J connectivity index is 1.63. The Kier molecular flexibility index (Phi) is 5.15. The number of benzene rings is 1. The number of aryl methyl sites for hydroxylation is 1. The maximum Gasteiger partial charge on any atom is 0.227 e. The molecule has 2 unspecified atom stereocenters. The van der Waals surface area contributed by atoms with E-state index in [1.807, 2.05) is 25.1 Å². The van der Waals surface area contributed by atoms with Crippen molar-refractivity contribution >= 4 is 22.9 Å². The summed E-state index contributed by atoms with van der Waals surface area (Å²) in [6, 6.07) is 10.5. The summed E-state index contributed by atoms with van der Waals surface area (Å²) in [5, 5.41) is 15.3. The van der Waals surface area contributed by atoms with Gasteiger partial charge in [0.15, 0.2) is 17.0 Å². The zero-order valence-electron chi connectivity index (χ0n) is 15.6. The van der Waals surface area contributed by atoms with E-state index in [0.29, 0.717) is 30.4 Å². The van der Waals surface area contributed by atoms with E-state index in [0.717, 1.165) is 18.5 Å². The number of fused-ring (bicyclic) bond motifs is 1. The molecule has 142 valence electrons. The number of hydrogen-bond acceptors (Lipinski definition) is 7. The van der Waals surface area contributed by atoms with Gasteiger partial charge in [-0.2, -0.15) is 9.97 Å². The van der Waals surface area contributed by atoms with Gasteiger partial charge in [-0.15, -0.1) is 5.10 Å². The van der Waals surface area contributed by atoms with Crippen molar-refractivity contribution in [3.05, 3.63) is 35.9 Å². The molecule has 0 spiro atoms. The minimum Gasteiger partial charge on any atom is -0.364 e. The number of nitrogens with one attached hydrogen (secondary N) is 2. The summed E-state index contributed by atoms with van der Waals surface area (Å²) >= 11 is 0. The fraction of sp³-hybridized carbons (Fsp3) is 0.474. The molecule has 27 heavy (non-hydrogen) atoms. The molecule has 0 radical (unpaired) electrons. The minimum atomic E-state index is 0.132. The summed E-state index contributed by atoms with van der Waals surface area (Å²) in [5.41, 5.74) is 8.88. The van der Waals surface area contributed by atoms with E-state index in [4.69, 9.17) is 5.73 Å². The SMILES string of the molecule is CCn1nnc2c(NCc3ccccc3)nc(NC3CCCCC3N)nc21. The molecule has 4 N–H and O–H groups in total. The molecule has 1 aliphatic carbocycles. The Bertz CT molecular complexity index is 891. The van der Waals surface area contributed by atoms with Crippen molar-refractivity contribution in [2.24, 2.45) is 5.73 Å². The normalized spacial score (nSPS) is 19.9. The Labute approximate surface area is 158 Å². The first kappa shape index (κ1) is 17.7. The quantitative estimate of drug-likeness (QED) is 0.615. The molecule has 1 saturated carbocycles. The lowest BCUT2D eigenvalue weighted by Crippen LogP contribution is -2.43.